The Balaban J connectivity index is 0.00000144. The van der Waals surface area contributed by atoms with E-state index in [-0.39, 0.29) is 24.8 Å². The zero-order valence-electron chi connectivity index (χ0n) is 10.1. The second kappa shape index (κ2) is 6.64. The van der Waals surface area contributed by atoms with Gasteiger partial charge in [-0.1, -0.05) is 11.6 Å². The molecular formula is C12H18Cl3N3. The minimum Gasteiger partial charge on any atom is -0.361 e. The summed E-state index contributed by atoms with van der Waals surface area (Å²) >= 11 is 5.97. The van der Waals surface area contributed by atoms with E-state index in [4.69, 9.17) is 23.1 Å². The van der Waals surface area contributed by atoms with Gasteiger partial charge in [0.05, 0.1) is 5.66 Å². The van der Waals surface area contributed by atoms with Crippen molar-refractivity contribution in [3.05, 3.63) is 35.0 Å². The van der Waals surface area contributed by atoms with Crippen molar-refractivity contribution >= 4 is 47.3 Å². The van der Waals surface area contributed by atoms with Gasteiger partial charge in [0.25, 0.3) is 0 Å². The van der Waals surface area contributed by atoms with Crippen molar-refractivity contribution in [2.45, 2.75) is 25.4 Å². The first-order valence-corrected chi connectivity index (χ1v) is 5.67. The van der Waals surface area contributed by atoms with Gasteiger partial charge < -0.3 is 16.5 Å². The van der Waals surface area contributed by atoms with Gasteiger partial charge in [-0.2, -0.15) is 0 Å². The Morgan fingerprint density at radius 1 is 1.28 bits per heavy atom. The largest absolute Gasteiger partial charge is 0.361 e. The van der Waals surface area contributed by atoms with Crippen molar-refractivity contribution in [2.24, 2.45) is 11.5 Å². The van der Waals surface area contributed by atoms with Crippen LogP contribution in [0.3, 0.4) is 0 Å². The van der Waals surface area contributed by atoms with Crippen molar-refractivity contribution < 1.29 is 0 Å². The number of halogens is 3. The van der Waals surface area contributed by atoms with Crippen LogP contribution in [0.1, 0.15) is 18.9 Å². The summed E-state index contributed by atoms with van der Waals surface area (Å²) in [6.45, 7) is 1.83. The third kappa shape index (κ3) is 4.34. The molecule has 102 valence electrons. The molecule has 0 saturated carbocycles. The lowest BCUT2D eigenvalue weighted by Gasteiger charge is -2.17. The topological polar surface area (TPSA) is 67.8 Å². The second-order valence-corrected chi connectivity index (χ2v) is 4.95. The summed E-state index contributed by atoms with van der Waals surface area (Å²) in [6.07, 6.45) is 3.59. The molecule has 0 amide bonds. The molecule has 0 spiro atoms. The number of nitrogens with two attached hydrogens (primary N) is 2. The Morgan fingerprint density at radius 3 is 2.56 bits per heavy atom. The van der Waals surface area contributed by atoms with Crippen LogP contribution in [0.5, 0.6) is 0 Å². The summed E-state index contributed by atoms with van der Waals surface area (Å²) in [7, 11) is 0. The van der Waals surface area contributed by atoms with E-state index in [1.54, 1.807) is 0 Å². The van der Waals surface area contributed by atoms with Crippen LogP contribution < -0.4 is 11.5 Å². The molecule has 0 aliphatic carbocycles. The van der Waals surface area contributed by atoms with Gasteiger partial charge in [-0.25, -0.2) is 0 Å². The van der Waals surface area contributed by atoms with Gasteiger partial charge in [0.15, 0.2) is 0 Å². The molecule has 6 heteroatoms. The first-order valence-electron chi connectivity index (χ1n) is 5.29. The molecule has 18 heavy (non-hydrogen) atoms. The molecule has 0 unspecified atom stereocenters. The smallest absolute Gasteiger partial charge is 0.0610 e. The molecule has 0 atom stereocenters. The molecule has 0 aliphatic rings. The highest BCUT2D eigenvalue weighted by atomic mass is 35.5. The van der Waals surface area contributed by atoms with E-state index in [0.29, 0.717) is 0 Å². The van der Waals surface area contributed by atoms with Crippen molar-refractivity contribution in [3.8, 4) is 0 Å². The lowest BCUT2D eigenvalue weighted by atomic mass is 10.0. The van der Waals surface area contributed by atoms with E-state index in [2.05, 4.69) is 4.98 Å². The van der Waals surface area contributed by atoms with Crippen LogP contribution >= 0.6 is 36.4 Å². The Kier molecular flexibility index (Phi) is 6.47. The van der Waals surface area contributed by atoms with Crippen LogP contribution in [0.15, 0.2) is 24.4 Å². The SMILES string of the molecule is CC(N)(N)CCc1c[nH]c2ccc(Cl)cc12.Cl.Cl. The quantitative estimate of drug-likeness (QED) is 0.762. The number of aryl methyl sites for hydroxylation is 1. The van der Waals surface area contributed by atoms with Gasteiger partial charge in [0.2, 0.25) is 0 Å². The van der Waals surface area contributed by atoms with Crippen LogP contribution in [0.25, 0.3) is 10.9 Å². The summed E-state index contributed by atoms with van der Waals surface area (Å²) in [5, 5.41) is 1.90. The number of aromatic amines is 1. The number of hydrogen-bond acceptors (Lipinski definition) is 2. The Morgan fingerprint density at radius 2 is 1.94 bits per heavy atom. The van der Waals surface area contributed by atoms with Gasteiger partial charge >= 0.3 is 0 Å². The maximum Gasteiger partial charge on any atom is 0.0610 e. The van der Waals surface area contributed by atoms with Gasteiger partial charge in [-0.05, 0) is 43.5 Å². The molecule has 1 heterocycles. The Labute approximate surface area is 124 Å². The van der Waals surface area contributed by atoms with Gasteiger partial charge in [-0.15, -0.1) is 24.8 Å². The van der Waals surface area contributed by atoms with Crippen LogP contribution in [0.2, 0.25) is 5.02 Å². The fraction of sp³-hybridized carbons (Fsp3) is 0.333. The molecule has 2 rings (SSSR count). The third-order valence-corrected chi connectivity index (χ3v) is 2.90. The molecule has 0 radical (unpaired) electrons. The number of nitrogens with one attached hydrogen (secondary N) is 1. The molecule has 0 bridgehead atoms. The predicted molar refractivity (Wildman–Crippen MR) is 82.9 cm³/mol. The fourth-order valence-corrected chi connectivity index (χ4v) is 1.93. The van der Waals surface area contributed by atoms with Crippen LogP contribution in [0, 0.1) is 0 Å². The van der Waals surface area contributed by atoms with E-state index in [0.717, 1.165) is 28.8 Å². The van der Waals surface area contributed by atoms with Crippen LogP contribution in [-0.4, -0.2) is 10.6 Å². The molecule has 5 N–H and O–H groups in total. The number of rotatable bonds is 3. The average molecular weight is 311 g/mol. The molecule has 1 aromatic heterocycles. The minimum atomic E-state index is -0.623. The predicted octanol–water partition coefficient (Wildman–Crippen LogP) is 3.23. The first-order chi connectivity index (χ1) is 7.46. The molecule has 3 nitrogen and oxygen atoms in total. The summed E-state index contributed by atoms with van der Waals surface area (Å²) in [5.41, 5.74) is 13.2. The lowest BCUT2D eigenvalue weighted by Crippen LogP contribution is -2.46. The highest BCUT2D eigenvalue weighted by Gasteiger charge is 2.12. The maximum atomic E-state index is 5.97. The zero-order chi connectivity index (χ0) is 11.8. The minimum absolute atomic E-state index is 0. The molecule has 0 fully saturated rings. The Hall–Kier alpha value is -0.450. The van der Waals surface area contributed by atoms with Gasteiger partial charge in [0.1, 0.15) is 0 Å². The number of H-pyrrole nitrogens is 1. The van der Waals surface area contributed by atoms with E-state index < -0.39 is 5.66 Å². The van der Waals surface area contributed by atoms with Gasteiger partial charge in [0, 0.05) is 22.1 Å². The van der Waals surface area contributed by atoms with E-state index >= 15 is 0 Å². The highest BCUT2D eigenvalue weighted by Crippen LogP contribution is 2.23. The van der Waals surface area contributed by atoms with E-state index in [1.165, 1.54) is 5.56 Å². The lowest BCUT2D eigenvalue weighted by molar-refractivity contribution is 0.451. The normalized spacial score (nSPS) is 10.9. The van der Waals surface area contributed by atoms with E-state index in [9.17, 15) is 0 Å². The maximum absolute atomic E-state index is 5.97. The van der Waals surface area contributed by atoms with Crippen LogP contribution in [0.4, 0.5) is 0 Å². The summed E-state index contributed by atoms with van der Waals surface area (Å²) in [4.78, 5) is 3.21. The molecule has 1 aromatic carbocycles. The molecule has 2 aromatic rings. The second-order valence-electron chi connectivity index (χ2n) is 4.51. The summed E-state index contributed by atoms with van der Waals surface area (Å²) < 4.78 is 0. The van der Waals surface area contributed by atoms with E-state index in [1.807, 2.05) is 31.3 Å². The number of hydrogen-bond donors (Lipinski definition) is 3. The fourth-order valence-electron chi connectivity index (χ4n) is 1.76. The average Bonchev–Trinajstić information content (AvgIpc) is 2.56. The first kappa shape index (κ1) is 17.6. The number of benzene rings is 1. The Bertz CT molecular complexity index is 503. The highest BCUT2D eigenvalue weighted by molar-refractivity contribution is 6.31. The standard InChI is InChI=1S/C12H16ClN3.2ClH/c1-12(14,15)5-4-8-7-16-11-3-2-9(13)6-10(8)11;;/h2-3,6-7,16H,4-5,14-15H2,1H3;2*1H. The van der Waals surface area contributed by atoms with Crippen molar-refractivity contribution in [1.29, 1.82) is 0 Å². The van der Waals surface area contributed by atoms with Crippen LogP contribution in [-0.2, 0) is 6.42 Å². The monoisotopic (exact) mass is 309 g/mol. The molecule has 0 aliphatic heterocycles. The van der Waals surface area contributed by atoms with Crippen molar-refractivity contribution in [2.75, 3.05) is 0 Å². The molecular weight excluding hydrogens is 293 g/mol. The van der Waals surface area contributed by atoms with Crippen molar-refractivity contribution in [3.63, 3.8) is 0 Å². The van der Waals surface area contributed by atoms with Gasteiger partial charge in [-0.3, -0.25) is 0 Å². The van der Waals surface area contributed by atoms with Crippen molar-refractivity contribution in [1.82, 2.24) is 4.98 Å². The third-order valence-electron chi connectivity index (χ3n) is 2.66. The number of aromatic nitrogens is 1. The summed E-state index contributed by atoms with van der Waals surface area (Å²) in [6, 6.07) is 5.82. The number of fused-ring (bicyclic) bond motifs is 1. The molecule has 0 saturated heterocycles. The zero-order valence-corrected chi connectivity index (χ0v) is 12.5. The summed E-state index contributed by atoms with van der Waals surface area (Å²) in [5.74, 6) is 0.